The Morgan fingerprint density at radius 3 is 2.61 bits per heavy atom. The minimum absolute atomic E-state index is 0.0520. The van der Waals surface area contributed by atoms with Crippen molar-refractivity contribution in [1.29, 1.82) is 0 Å². The largest absolute Gasteiger partial charge is 0.454 e. The molecule has 1 aromatic heterocycles. The molecule has 1 unspecified atom stereocenters. The molecule has 0 aliphatic carbocycles. The number of hydrogen-bond acceptors (Lipinski definition) is 6. The summed E-state index contributed by atoms with van der Waals surface area (Å²) in [6.07, 6.45) is 1.42. The minimum atomic E-state index is -0.218. The number of fused-ring (bicyclic) bond motifs is 1. The molecular weight excluding hydrogens is 358 g/mol. The van der Waals surface area contributed by atoms with Crippen molar-refractivity contribution < 1.29 is 18.7 Å². The highest BCUT2D eigenvalue weighted by atomic mass is 16.7. The van der Waals surface area contributed by atoms with Crippen LogP contribution >= 0.6 is 0 Å². The number of aromatic nitrogens is 1. The normalized spacial score (nSPS) is 14.1. The maximum absolute atomic E-state index is 12.1. The standard InChI is InChI=1S/C21H29N3O4/c1-13(2)15(5)24(9-16-6-7-18-19(8-16)28-12-27-18)10-20-23-17(11-26-20)21(25)22-14(3)4/h6-8,11,13-15H,9-10,12H2,1-5H3,(H,22,25). The molecule has 7 heteroatoms. The van der Waals surface area contributed by atoms with Gasteiger partial charge in [-0.1, -0.05) is 19.9 Å². The monoisotopic (exact) mass is 387 g/mol. The van der Waals surface area contributed by atoms with Crippen molar-refractivity contribution in [1.82, 2.24) is 15.2 Å². The highest BCUT2D eigenvalue weighted by Crippen LogP contribution is 2.33. The lowest BCUT2D eigenvalue weighted by Gasteiger charge is -2.30. The average molecular weight is 387 g/mol. The van der Waals surface area contributed by atoms with Gasteiger partial charge in [0.1, 0.15) is 6.26 Å². The topological polar surface area (TPSA) is 76.8 Å². The van der Waals surface area contributed by atoms with Gasteiger partial charge in [0.2, 0.25) is 12.7 Å². The highest BCUT2D eigenvalue weighted by Gasteiger charge is 2.22. The van der Waals surface area contributed by atoms with E-state index in [1.165, 1.54) is 6.26 Å². The summed E-state index contributed by atoms with van der Waals surface area (Å²) < 4.78 is 16.5. The maximum atomic E-state index is 12.1. The van der Waals surface area contributed by atoms with E-state index in [4.69, 9.17) is 13.9 Å². The van der Waals surface area contributed by atoms with Crippen LogP contribution in [0.15, 0.2) is 28.9 Å². The van der Waals surface area contributed by atoms with Crippen LogP contribution in [0, 0.1) is 5.92 Å². The molecule has 2 heterocycles. The first-order chi connectivity index (χ1) is 13.3. The van der Waals surface area contributed by atoms with Crippen molar-refractivity contribution in [2.75, 3.05) is 6.79 Å². The lowest BCUT2D eigenvalue weighted by Crippen LogP contribution is -2.36. The van der Waals surface area contributed by atoms with Crippen molar-refractivity contribution in [3.05, 3.63) is 41.6 Å². The van der Waals surface area contributed by atoms with Gasteiger partial charge in [-0.2, -0.15) is 0 Å². The molecule has 152 valence electrons. The van der Waals surface area contributed by atoms with Crippen LogP contribution < -0.4 is 14.8 Å². The fourth-order valence-corrected chi connectivity index (χ4v) is 3.04. The predicted octanol–water partition coefficient (Wildman–Crippen LogP) is 3.59. The van der Waals surface area contributed by atoms with E-state index >= 15 is 0 Å². The van der Waals surface area contributed by atoms with Crippen LogP contribution in [0.2, 0.25) is 0 Å². The molecular formula is C21H29N3O4. The summed E-state index contributed by atoms with van der Waals surface area (Å²) in [6, 6.07) is 6.35. The van der Waals surface area contributed by atoms with Crippen LogP contribution in [-0.2, 0) is 13.1 Å². The van der Waals surface area contributed by atoms with Crippen LogP contribution in [0.1, 0.15) is 56.6 Å². The minimum Gasteiger partial charge on any atom is -0.454 e. The fraction of sp³-hybridized carbons (Fsp3) is 0.524. The van der Waals surface area contributed by atoms with Gasteiger partial charge in [0.25, 0.3) is 5.91 Å². The second-order valence-corrected chi connectivity index (χ2v) is 7.83. The van der Waals surface area contributed by atoms with Gasteiger partial charge in [0, 0.05) is 18.6 Å². The first-order valence-electron chi connectivity index (χ1n) is 9.71. The zero-order valence-electron chi connectivity index (χ0n) is 17.2. The smallest absolute Gasteiger partial charge is 0.273 e. The molecule has 1 atom stereocenters. The summed E-state index contributed by atoms with van der Waals surface area (Å²) >= 11 is 0. The van der Waals surface area contributed by atoms with Crippen LogP contribution in [0.5, 0.6) is 11.5 Å². The molecule has 0 radical (unpaired) electrons. The van der Waals surface area contributed by atoms with Crippen molar-refractivity contribution >= 4 is 5.91 Å². The summed E-state index contributed by atoms with van der Waals surface area (Å²) in [5, 5.41) is 2.83. The Morgan fingerprint density at radius 1 is 1.14 bits per heavy atom. The van der Waals surface area contributed by atoms with Gasteiger partial charge in [0.15, 0.2) is 17.2 Å². The molecule has 0 spiro atoms. The predicted molar refractivity (Wildman–Crippen MR) is 105 cm³/mol. The quantitative estimate of drug-likeness (QED) is 0.746. The summed E-state index contributed by atoms with van der Waals surface area (Å²) in [5.41, 5.74) is 1.44. The third-order valence-corrected chi connectivity index (χ3v) is 4.91. The van der Waals surface area contributed by atoms with Crippen LogP contribution in [0.25, 0.3) is 0 Å². The highest BCUT2D eigenvalue weighted by molar-refractivity contribution is 5.92. The van der Waals surface area contributed by atoms with E-state index in [2.05, 4.69) is 36.0 Å². The number of oxazole rings is 1. The van der Waals surface area contributed by atoms with E-state index in [-0.39, 0.29) is 18.7 Å². The van der Waals surface area contributed by atoms with Gasteiger partial charge in [-0.05, 0) is 44.4 Å². The summed E-state index contributed by atoms with van der Waals surface area (Å²) in [5.74, 6) is 2.32. The number of nitrogens with zero attached hydrogens (tertiary/aromatic N) is 2. The summed E-state index contributed by atoms with van der Waals surface area (Å²) in [4.78, 5) is 18.8. The molecule has 1 aliphatic heterocycles. The second-order valence-electron chi connectivity index (χ2n) is 7.83. The molecule has 2 aromatic rings. The zero-order chi connectivity index (χ0) is 20.3. The van der Waals surface area contributed by atoms with Crippen molar-refractivity contribution in [2.24, 2.45) is 5.92 Å². The summed E-state index contributed by atoms with van der Waals surface area (Å²) in [7, 11) is 0. The third kappa shape index (κ3) is 4.84. The molecule has 1 aliphatic rings. The van der Waals surface area contributed by atoms with E-state index in [9.17, 15) is 4.79 Å². The number of ether oxygens (including phenoxy) is 2. The number of benzene rings is 1. The SMILES string of the molecule is CC(C)NC(=O)c1coc(CN(Cc2ccc3c(c2)OCO3)C(C)C(C)C)n1. The summed E-state index contributed by atoms with van der Waals surface area (Å²) in [6.45, 7) is 11.9. The van der Waals surface area contributed by atoms with Crippen molar-refractivity contribution in [2.45, 2.75) is 59.8 Å². The molecule has 1 aromatic carbocycles. The number of hydrogen-bond donors (Lipinski definition) is 1. The lowest BCUT2D eigenvalue weighted by atomic mass is 10.0. The molecule has 0 bridgehead atoms. The van der Waals surface area contributed by atoms with E-state index < -0.39 is 0 Å². The van der Waals surface area contributed by atoms with Gasteiger partial charge in [-0.15, -0.1) is 0 Å². The molecule has 0 saturated carbocycles. The molecule has 1 amide bonds. The first-order valence-corrected chi connectivity index (χ1v) is 9.71. The molecule has 7 nitrogen and oxygen atoms in total. The first kappa shape index (κ1) is 20.2. The Labute approximate surface area is 166 Å². The molecule has 0 saturated heterocycles. The fourth-order valence-electron chi connectivity index (χ4n) is 3.04. The maximum Gasteiger partial charge on any atom is 0.273 e. The second kappa shape index (κ2) is 8.65. The van der Waals surface area contributed by atoms with E-state index in [1.54, 1.807) is 0 Å². The van der Waals surface area contributed by atoms with Gasteiger partial charge in [0.05, 0.1) is 6.54 Å². The molecule has 1 N–H and O–H groups in total. The Hall–Kier alpha value is -2.54. The van der Waals surface area contributed by atoms with E-state index in [1.807, 2.05) is 32.0 Å². The van der Waals surface area contributed by atoms with Crippen molar-refractivity contribution in [3.63, 3.8) is 0 Å². The molecule has 0 fully saturated rings. The van der Waals surface area contributed by atoms with Crippen molar-refractivity contribution in [3.8, 4) is 11.5 Å². The Bertz CT molecular complexity index is 816. The number of carbonyl (C=O) groups excluding carboxylic acids is 1. The van der Waals surface area contributed by atoms with E-state index in [0.29, 0.717) is 36.6 Å². The van der Waals surface area contributed by atoms with E-state index in [0.717, 1.165) is 17.1 Å². The molecule has 28 heavy (non-hydrogen) atoms. The average Bonchev–Trinajstić information content (AvgIpc) is 3.28. The Morgan fingerprint density at radius 2 is 1.89 bits per heavy atom. The van der Waals surface area contributed by atoms with Crippen LogP contribution in [0.4, 0.5) is 0 Å². The Kier molecular flexibility index (Phi) is 6.24. The zero-order valence-corrected chi connectivity index (χ0v) is 17.2. The Balaban J connectivity index is 1.74. The number of amides is 1. The van der Waals surface area contributed by atoms with Crippen LogP contribution in [-0.4, -0.2) is 34.7 Å². The van der Waals surface area contributed by atoms with Crippen LogP contribution in [0.3, 0.4) is 0 Å². The van der Waals surface area contributed by atoms with Gasteiger partial charge < -0.3 is 19.2 Å². The van der Waals surface area contributed by atoms with Gasteiger partial charge >= 0.3 is 0 Å². The number of carbonyl (C=O) groups is 1. The van der Waals surface area contributed by atoms with Gasteiger partial charge in [-0.25, -0.2) is 4.98 Å². The third-order valence-electron chi connectivity index (χ3n) is 4.91. The van der Waals surface area contributed by atoms with Gasteiger partial charge in [-0.3, -0.25) is 9.69 Å². The number of nitrogens with one attached hydrogen (secondary N) is 1. The molecule has 3 rings (SSSR count). The number of rotatable bonds is 8. The lowest BCUT2D eigenvalue weighted by molar-refractivity contribution is 0.0937.